The van der Waals surface area contributed by atoms with E-state index in [2.05, 4.69) is 18.7 Å². The van der Waals surface area contributed by atoms with Gasteiger partial charge in [-0.15, -0.1) is 0 Å². The Morgan fingerprint density at radius 1 is 0.900 bits per heavy atom. The lowest BCUT2D eigenvalue weighted by molar-refractivity contribution is 0.0913. The molecule has 2 aromatic rings. The van der Waals surface area contributed by atoms with Crippen LogP contribution in [0.1, 0.15) is 34.7 Å². The van der Waals surface area contributed by atoms with E-state index in [1.807, 2.05) is 48.5 Å². The van der Waals surface area contributed by atoms with Crippen LogP contribution in [0.25, 0.3) is 0 Å². The van der Waals surface area contributed by atoms with Gasteiger partial charge in [0, 0.05) is 11.5 Å². The van der Waals surface area contributed by atoms with E-state index in [1.54, 1.807) is 0 Å². The molecule has 0 unspecified atom stereocenters. The Morgan fingerprint density at radius 2 is 1.50 bits per heavy atom. The summed E-state index contributed by atoms with van der Waals surface area (Å²) in [7, 11) is 0. The maximum Gasteiger partial charge on any atom is 0.166 e. The third-order valence-electron chi connectivity index (χ3n) is 4.13. The summed E-state index contributed by atoms with van der Waals surface area (Å²) in [6, 6.07) is 19.9. The summed E-state index contributed by atoms with van der Waals surface area (Å²) < 4.78 is 0. The molecule has 0 radical (unpaired) electrons. The zero-order valence-corrected chi connectivity index (χ0v) is 11.5. The van der Waals surface area contributed by atoms with Crippen LogP contribution in [0.3, 0.4) is 0 Å². The maximum atomic E-state index is 12.7. The van der Waals surface area contributed by atoms with Gasteiger partial charge in [0.1, 0.15) is 0 Å². The molecule has 0 aliphatic heterocycles. The van der Waals surface area contributed by atoms with Gasteiger partial charge in [0.15, 0.2) is 5.78 Å². The smallest absolute Gasteiger partial charge is 0.166 e. The molecule has 1 aliphatic carbocycles. The topological polar surface area (TPSA) is 17.1 Å². The molecule has 0 heterocycles. The molecule has 1 heteroatoms. The van der Waals surface area contributed by atoms with Gasteiger partial charge >= 0.3 is 0 Å². The molecule has 0 aromatic heterocycles. The van der Waals surface area contributed by atoms with Crippen molar-refractivity contribution in [2.45, 2.75) is 18.8 Å². The molecule has 1 aliphatic rings. The highest BCUT2D eigenvalue weighted by Crippen LogP contribution is 2.43. The van der Waals surface area contributed by atoms with Gasteiger partial charge in [0.05, 0.1) is 0 Å². The van der Waals surface area contributed by atoms with Crippen LogP contribution in [0.5, 0.6) is 0 Å². The Morgan fingerprint density at radius 3 is 2.15 bits per heavy atom. The molecule has 0 spiro atoms. The fraction of sp³-hybridized carbons (Fsp3) is 0.211. The lowest BCUT2D eigenvalue weighted by atomic mass is 9.84. The quantitative estimate of drug-likeness (QED) is 0.582. The number of hydrogen-bond donors (Lipinski definition) is 0. The van der Waals surface area contributed by atoms with E-state index in [4.69, 9.17) is 0 Å². The highest BCUT2D eigenvalue weighted by Gasteiger charge is 2.35. The predicted molar refractivity (Wildman–Crippen MR) is 81.8 cm³/mol. The Bertz CT molecular complexity index is 613. The first kappa shape index (κ1) is 12.9. The molecule has 3 rings (SSSR count). The van der Waals surface area contributed by atoms with Crippen molar-refractivity contribution in [3.8, 4) is 0 Å². The van der Waals surface area contributed by atoms with E-state index < -0.39 is 0 Å². The normalized spacial score (nSPS) is 21.9. The number of Topliss-reactive ketones (excluding diaryl/α,β-unsaturated/α-hetero) is 1. The predicted octanol–water partition coefficient (Wildman–Crippen LogP) is 4.62. The number of carbonyl (C=O) groups excluding carboxylic acids is 1. The fourth-order valence-corrected chi connectivity index (χ4v) is 3.13. The Hall–Kier alpha value is -2.15. The van der Waals surface area contributed by atoms with Crippen LogP contribution in [0.2, 0.25) is 0 Å². The SMILES string of the molecule is C=C1C[C@H](C(=O)c2ccccc2)[C@@H](c2ccccc2)C1. The minimum absolute atomic E-state index is 0.0345. The van der Waals surface area contributed by atoms with Crippen molar-refractivity contribution in [1.82, 2.24) is 0 Å². The number of benzene rings is 2. The number of ketones is 1. The van der Waals surface area contributed by atoms with Gasteiger partial charge in [-0.1, -0.05) is 72.8 Å². The first-order valence-electron chi connectivity index (χ1n) is 7.06. The Labute approximate surface area is 120 Å². The van der Waals surface area contributed by atoms with Gasteiger partial charge in [-0.3, -0.25) is 4.79 Å². The van der Waals surface area contributed by atoms with E-state index in [1.165, 1.54) is 11.1 Å². The van der Waals surface area contributed by atoms with Crippen molar-refractivity contribution in [1.29, 1.82) is 0 Å². The molecule has 0 amide bonds. The highest BCUT2D eigenvalue weighted by molar-refractivity contribution is 5.98. The Kier molecular flexibility index (Phi) is 3.51. The minimum atomic E-state index is 0.0345. The largest absolute Gasteiger partial charge is 0.294 e. The number of carbonyl (C=O) groups is 1. The second-order valence-corrected chi connectivity index (χ2v) is 5.51. The van der Waals surface area contributed by atoms with Gasteiger partial charge in [-0.25, -0.2) is 0 Å². The van der Waals surface area contributed by atoms with Crippen molar-refractivity contribution in [2.24, 2.45) is 5.92 Å². The molecule has 100 valence electrons. The van der Waals surface area contributed by atoms with E-state index in [0.29, 0.717) is 0 Å². The molecule has 20 heavy (non-hydrogen) atoms. The summed E-state index contributed by atoms with van der Waals surface area (Å²) in [5, 5.41) is 0. The summed E-state index contributed by atoms with van der Waals surface area (Å²) in [6.45, 7) is 4.10. The van der Waals surface area contributed by atoms with Crippen LogP contribution >= 0.6 is 0 Å². The standard InChI is InChI=1S/C19H18O/c1-14-12-17(15-8-4-2-5-9-15)18(13-14)19(20)16-10-6-3-7-11-16/h2-11,17-18H,1,12-13H2/t17-,18+/m1/s1. The van der Waals surface area contributed by atoms with Crippen molar-refractivity contribution in [3.05, 3.63) is 83.9 Å². The molecule has 0 saturated heterocycles. The maximum absolute atomic E-state index is 12.7. The number of allylic oxidation sites excluding steroid dienone is 1. The van der Waals surface area contributed by atoms with E-state index >= 15 is 0 Å². The van der Waals surface area contributed by atoms with Gasteiger partial charge in [-0.05, 0) is 24.3 Å². The van der Waals surface area contributed by atoms with Gasteiger partial charge in [0.25, 0.3) is 0 Å². The lowest BCUT2D eigenvalue weighted by Gasteiger charge is -2.18. The fourth-order valence-electron chi connectivity index (χ4n) is 3.13. The van der Waals surface area contributed by atoms with Crippen LogP contribution < -0.4 is 0 Å². The number of hydrogen-bond acceptors (Lipinski definition) is 1. The van der Waals surface area contributed by atoms with Crippen LogP contribution in [0, 0.1) is 5.92 Å². The first-order valence-corrected chi connectivity index (χ1v) is 7.06. The Balaban J connectivity index is 1.91. The molecule has 0 N–H and O–H groups in total. The van der Waals surface area contributed by atoms with E-state index in [9.17, 15) is 4.79 Å². The van der Waals surface area contributed by atoms with E-state index in [-0.39, 0.29) is 17.6 Å². The molecule has 1 saturated carbocycles. The molecule has 2 atom stereocenters. The monoisotopic (exact) mass is 262 g/mol. The summed E-state index contributed by atoms with van der Waals surface area (Å²) in [6.07, 6.45) is 1.74. The zero-order valence-electron chi connectivity index (χ0n) is 11.5. The molecule has 2 aromatic carbocycles. The summed E-state index contributed by atoms with van der Waals surface area (Å²) in [5.74, 6) is 0.557. The zero-order chi connectivity index (χ0) is 13.9. The second-order valence-electron chi connectivity index (χ2n) is 5.51. The first-order chi connectivity index (χ1) is 9.75. The third kappa shape index (κ3) is 2.44. The van der Waals surface area contributed by atoms with Crippen LogP contribution in [-0.2, 0) is 0 Å². The van der Waals surface area contributed by atoms with E-state index in [0.717, 1.165) is 18.4 Å². The number of rotatable bonds is 3. The third-order valence-corrected chi connectivity index (χ3v) is 4.13. The van der Waals surface area contributed by atoms with Crippen LogP contribution in [-0.4, -0.2) is 5.78 Å². The highest BCUT2D eigenvalue weighted by atomic mass is 16.1. The average Bonchev–Trinajstić information content (AvgIpc) is 2.90. The van der Waals surface area contributed by atoms with Gasteiger partial charge < -0.3 is 0 Å². The molecule has 0 bridgehead atoms. The average molecular weight is 262 g/mol. The second kappa shape index (κ2) is 5.46. The van der Waals surface area contributed by atoms with Crippen molar-refractivity contribution in [2.75, 3.05) is 0 Å². The summed E-state index contributed by atoms with van der Waals surface area (Å²) >= 11 is 0. The van der Waals surface area contributed by atoms with Gasteiger partial charge in [-0.2, -0.15) is 0 Å². The molecular formula is C19H18O. The van der Waals surface area contributed by atoms with Crippen LogP contribution in [0.4, 0.5) is 0 Å². The van der Waals surface area contributed by atoms with Crippen molar-refractivity contribution < 1.29 is 4.79 Å². The lowest BCUT2D eigenvalue weighted by Crippen LogP contribution is -2.17. The van der Waals surface area contributed by atoms with Crippen LogP contribution in [0.15, 0.2) is 72.8 Å². The van der Waals surface area contributed by atoms with Crippen molar-refractivity contribution >= 4 is 5.78 Å². The minimum Gasteiger partial charge on any atom is -0.294 e. The molecule has 1 fully saturated rings. The summed E-state index contributed by atoms with van der Waals surface area (Å²) in [4.78, 5) is 12.7. The molecule has 1 nitrogen and oxygen atoms in total. The van der Waals surface area contributed by atoms with Crippen molar-refractivity contribution in [3.63, 3.8) is 0 Å². The molecular weight excluding hydrogens is 244 g/mol. The van der Waals surface area contributed by atoms with Gasteiger partial charge in [0.2, 0.25) is 0 Å². The summed E-state index contributed by atoms with van der Waals surface area (Å²) in [5.41, 5.74) is 3.25.